The van der Waals surface area contributed by atoms with Crippen molar-refractivity contribution in [3.63, 3.8) is 0 Å². The van der Waals surface area contributed by atoms with E-state index in [9.17, 15) is 14.4 Å². The molecule has 0 bridgehead atoms. The molecular weight excluding hydrogens is 344 g/mol. The Morgan fingerprint density at radius 1 is 1.15 bits per heavy atom. The summed E-state index contributed by atoms with van der Waals surface area (Å²) in [6, 6.07) is 13.5. The minimum absolute atomic E-state index is 0.183. The predicted octanol–water partition coefficient (Wildman–Crippen LogP) is 2.27. The van der Waals surface area contributed by atoms with E-state index in [1.807, 2.05) is 24.4 Å². The molecule has 4 rings (SSSR count). The second kappa shape index (κ2) is 6.60. The van der Waals surface area contributed by atoms with E-state index in [1.54, 1.807) is 37.3 Å². The third-order valence-electron chi connectivity index (χ3n) is 4.56. The Bertz CT molecular complexity index is 1060. The number of amides is 3. The van der Waals surface area contributed by atoms with Crippen LogP contribution < -0.4 is 15.5 Å². The molecule has 3 N–H and O–H groups in total. The summed E-state index contributed by atoms with van der Waals surface area (Å²) in [5.74, 6) is -1.000. The molecule has 27 heavy (non-hydrogen) atoms. The molecule has 7 heteroatoms. The Balaban J connectivity index is 1.59. The van der Waals surface area contributed by atoms with Gasteiger partial charge in [-0.05, 0) is 42.6 Å². The van der Waals surface area contributed by atoms with E-state index in [-0.39, 0.29) is 24.3 Å². The number of hydrogen-bond donors (Lipinski definition) is 3. The van der Waals surface area contributed by atoms with E-state index in [0.29, 0.717) is 16.9 Å². The zero-order valence-corrected chi connectivity index (χ0v) is 14.7. The topological polar surface area (TPSA) is 94.3 Å². The highest BCUT2D eigenvalue weighted by Gasteiger charge is 2.32. The number of carbonyl (C=O) groups excluding carboxylic acids is 3. The fraction of sp³-hybridized carbons (Fsp3) is 0.150. The van der Waals surface area contributed by atoms with Crippen molar-refractivity contribution in [1.29, 1.82) is 0 Å². The number of carbonyl (C=O) groups is 3. The molecule has 1 aromatic heterocycles. The van der Waals surface area contributed by atoms with Gasteiger partial charge in [0.2, 0.25) is 11.8 Å². The Kier molecular flexibility index (Phi) is 4.12. The molecule has 0 aliphatic carbocycles. The van der Waals surface area contributed by atoms with Crippen molar-refractivity contribution in [2.24, 2.45) is 0 Å². The SMILES string of the molecule is CC1NC(=O)c2ccccc2N(CC(=O)Nc2ccc3cc[nH]c3c2)C1=O. The molecule has 0 saturated heterocycles. The number of nitrogens with one attached hydrogen (secondary N) is 3. The molecule has 0 fully saturated rings. The highest BCUT2D eigenvalue weighted by Crippen LogP contribution is 2.24. The number of fused-ring (bicyclic) bond motifs is 2. The quantitative estimate of drug-likeness (QED) is 0.667. The van der Waals surface area contributed by atoms with Crippen molar-refractivity contribution in [3.8, 4) is 0 Å². The summed E-state index contributed by atoms with van der Waals surface area (Å²) in [6.07, 6.45) is 1.83. The average molecular weight is 362 g/mol. The number of anilines is 2. The Morgan fingerprint density at radius 3 is 2.81 bits per heavy atom. The molecule has 0 spiro atoms. The first-order valence-corrected chi connectivity index (χ1v) is 8.61. The Hall–Kier alpha value is -3.61. The highest BCUT2D eigenvalue weighted by molar-refractivity contribution is 6.13. The molecule has 1 unspecified atom stereocenters. The summed E-state index contributed by atoms with van der Waals surface area (Å²) in [7, 11) is 0. The summed E-state index contributed by atoms with van der Waals surface area (Å²) < 4.78 is 0. The third-order valence-corrected chi connectivity index (χ3v) is 4.56. The number of rotatable bonds is 3. The molecule has 3 aromatic rings. The monoisotopic (exact) mass is 362 g/mol. The normalized spacial score (nSPS) is 16.6. The summed E-state index contributed by atoms with van der Waals surface area (Å²) in [5, 5.41) is 6.51. The lowest BCUT2D eigenvalue weighted by Crippen LogP contribution is -2.46. The number of para-hydroxylation sites is 1. The van der Waals surface area contributed by atoms with Gasteiger partial charge in [-0.3, -0.25) is 14.4 Å². The van der Waals surface area contributed by atoms with Gasteiger partial charge >= 0.3 is 0 Å². The molecule has 3 amide bonds. The molecular formula is C20H18N4O3. The Labute approximate surface area is 155 Å². The standard InChI is InChI=1S/C20H18N4O3/c1-12-20(27)24(17-5-3-2-4-15(17)19(26)22-12)11-18(25)23-14-7-6-13-8-9-21-16(13)10-14/h2-10,12,21H,11H2,1H3,(H,22,26)(H,23,25). The second-order valence-electron chi connectivity index (χ2n) is 6.46. The van der Waals surface area contributed by atoms with Crippen LogP contribution in [0.1, 0.15) is 17.3 Å². The van der Waals surface area contributed by atoms with Gasteiger partial charge < -0.3 is 20.5 Å². The number of H-pyrrole nitrogens is 1. The van der Waals surface area contributed by atoms with E-state index >= 15 is 0 Å². The second-order valence-corrected chi connectivity index (χ2v) is 6.46. The van der Waals surface area contributed by atoms with Gasteiger partial charge in [0.15, 0.2) is 0 Å². The molecule has 7 nitrogen and oxygen atoms in total. The molecule has 0 saturated carbocycles. The predicted molar refractivity (Wildman–Crippen MR) is 103 cm³/mol. The lowest BCUT2D eigenvalue weighted by Gasteiger charge is -2.23. The molecule has 1 aliphatic heterocycles. The van der Waals surface area contributed by atoms with Crippen LogP contribution in [0.4, 0.5) is 11.4 Å². The van der Waals surface area contributed by atoms with Gasteiger partial charge in [0.1, 0.15) is 12.6 Å². The maximum atomic E-state index is 12.7. The van der Waals surface area contributed by atoms with Crippen LogP contribution >= 0.6 is 0 Å². The first kappa shape index (κ1) is 16.8. The fourth-order valence-corrected chi connectivity index (χ4v) is 3.22. The van der Waals surface area contributed by atoms with Gasteiger partial charge in [0, 0.05) is 17.4 Å². The van der Waals surface area contributed by atoms with E-state index in [2.05, 4.69) is 15.6 Å². The first-order chi connectivity index (χ1) is 13.0. The van der Waals surface area contributed by atoms with Crippen LogP contribution in [0, 0.1) is 0 Å². The minimum atomic E-state index is -0.715. The smallest absolute Gasteiger partial charge is 0.254 e. The van der Waals surface area contributed by atoms with Gasteiger partial charge in [-0.1, -0.05) is 18.2 Å². The molecule has 136 valence electrons. The van der Waals surface area contributed by atoms with Gasteiger partial charge in [-0.15, -0.1) is 0 Å². The number of hydrogen-bond acceptors (Lipinski definition) is 3. The van der Waals surface area contributed by atoms with Crippen LogP contribution in [0.2, 0.25) is 0 Å². The fourth-order valence-electron chi connectivity index (χ4n) is 3.22. The summed E-state index contributed by atoms with van der Waals surface area (Å²) in [6.45, 7) is 1.42. The lowest BCUT2D eigenvalue weighted by atomic mass is 10.1. The van der Waals surface area contributed by atoms with E-state index in [0.717, 1.165) is 10.9 Å². The van der Waals surface area contributed by atoms with Crippen LogP contribution in [-0.2, 0) is 9.59 Å². The first-order valence-electron chi connectivity index (χ1n) is 8.61. The van der Waals surface area contributed by atoms with Gasteiger partial charge in [-0.2, -0.15) is 0 Å². The number of benzene rings is 2. The number of aromatic amines is 1. The average Bonchev–Trinajstić information content (AvgIpc) is 3.10. The molecule has 1 atom stereocenters. The zero-order valence-electron chi connectivity index (χ0n) is 14.7. The highest BCUT2D eigenvalue weighted by atomic mass is 16.2. The Morgan fingerprint density at radius 2 is 1.96 bits per heavy atom. The largest absolute Gasteiger partial charge is 0.361 e. The van der Waals surface area contributed by atoms with E-state index in [4.69, 9.17) is 0 Å². The molecule has 0 radical (unpaired) electrons. The van der Waals surface area contributed by atoms with Gasteiger partial charge in [-0.25, -0.2) is 0 Å². The van der Waals surface area contributed by atoms with Crippen molar-refractivity contribution in [2.75, 3.05) is 16.8 Å². The number of nitrogens with zero attached hydrogens (tertiary/aromatic N) is 1. The lowest BCUT2D eigenvalue weighted by molar-refractivity contribution is -0.122. The van der Waals surface area contributed by atoms with Crippen LogP contribution in [0.25, 0.3) is 10.9 Å². The molecule has 2 heterocycles. The minimum Gasteiger partial charge on any atom is -0.361 e. The van der Waals surface area contributed by atoms with Crippen molar-refractivity contribution in [1.82, 2.24) is 10.3 Å². The van der Waals surface area contributed by atoms with E-state index < -0.39 is 6.04 Å². The number of aromatic nitrogens is 1. The van der Waals surface area contributed by atoms with Crippen molar-refractivity contribution in [3.05, 3.63) is 60.3 Å². The van der Waals surface area contributed by atoms with Crippen LogP contribution in [0.3, 0.4) is 0 Å². The third kappa shape index (κ3) is 3.15. The van der Waals surface area contributed by atoms with Crippen LogP contribution in [-0.4, -0.2) is 35.3 Å². The molecule has 2 aromatic carbocycles. The van der Waals surface area contributed by atoms with Gasteiger partial charge in [0.05, 0.1) is 11.3 Å². The van der Waals surface area contributed by atoms with Crippen molar-refractivity contribution in [2.45, 2.75) is 13.0 Å². The van der Waals surface area contributed by atoms with E-state index in [1.165, 1.54) is 4.90 Å². The summed E-state index contributed by atoms with van der Waals surface area (Å²) in [5.41, 5.74) is 2.34. The van der Waals surface area contributed by atoms with Crippen LogP contribution in [0.15, 0.2) is 54.7 Å². The maximum absolute atomic E-state index is 12.7. The van der Waals surface area contributed by atoms with Crippen LogP contribution in [0.5, 0.6) is 0 Å². The molecule has 1 aliphatic rings. The summed E-state index contributed by atoms with van der Waals surface area (Å²) in [4.78, 5) is 42.0. The maximum Gasteiger partial charge on any atom is 0.254 e. The van der Waals surface area contributed by atoms with Crippen molar-refractivity contribution < 1.29 is 14.4 Å². The summed E-state index contributed by atoms with van der Waals surface area (Å²) >= 11 is 0. The van der Waals surface area contributed by atoms with Gasteiger partial charge in [0.25, 0.3) is 5.91 Å². The van der Waals surface area contributed by atoms with Crippen molar-refractivity contribution >= 4 is 40.0 Å². The zero-order chi connectivity index (χ0) is 19.0.